The zero-order chi connectivity index (χ0) is 10.3. The molecule has 0 saturated heterocycles. The van der Waals surface area contributed by atoms with Crippen LogP contribution in [0.1, 0.15) is 40.0 Å². The van der Waals surface area contributed by atoms with Crippen LogP contribution in [0.4, 0.5) is 0 Å². The van der Waals surface area contributed by atoms with Crippen LogP contribution in [0.2, 0.25) is 0 Å². The first-order valence-corrected chi connectivity index (χ1v) is 6.06. The average Bonchev–Trinajstić information content (AvgIpc) is 2.11. The van der Waals surface area contributed by atoms with Gasteiger partial charge in [0.05, 0.1) is 0 Å². The van der Waals surface area contributed by atoms with E-state index in [1.54, 1.807) is 11.8 Å². The number of carboxylic acid groups (broad SMARTS) is 1. The fourth-order valence-corrected chi connectivity index (χ4v) is 2.66. The lowest BCUT2D eigenvalue weighted by Crippen LogP contribution is -2.26. The summed E-state index contributed by atoms with van der Waals surface area (Å²) in [7, 11) is 0. The first-order valence-electron chi connectivity index (χ1n) is 5.01. The van der Waals surface area contributed by atoms with Gasteiger partial charge in [-0.25, -0.2) is 0 Å². The van der Waals surface area contributed by atoms with E-state index in [2.05, 4.69) is 20.8 Å². The third kappa shape index (κ3) is 4.55. The Kier molecular flexibility index (Phi) is 7.14. The maximum absolute atomic E-state index is 10.9. The van der Waals surface area contributed by atoms with E-state index in [1.165, 1.54) is 0 Å². The molecule has 2 nitrogen and oxygen atoms in total. The highest BCUT2D eigenvalue weighted by atomic mass is 32.2. The summed E-state index contributed by atoms with van der Waals surface area (Å²) in [5, 5.41) is 8.81. The average molecular weight is 204 g/mol. The first kappa shape index (κ1) is 12.8. The van der Waals surface area contributed by atoms with Crippen LogP contribution in [0, 0.1) is 5.92 Å². The topological polar surface area (TPSA) is 37.3 Å². The van der Waals surface area contributed by atoms with E-state index in [4.69, 9.17) is 5.11 Å². The minimum absolute atomic E-state index is 0.199. The van der Waals surface area contributed by atoms with Crippen LogP contribution in [0.25, 0.3) is 0 Å². The van der Waals surface area contributed by atoms with Crippen molar-refractivity contribution in [1.82, 2.24) is 0 Å². The van der Waals surface area contributed by atoms with Crippen molar-refractivity contribution < 1.29 is 9.90 Å². The van der Waals surface area contributed by atoms with Crippen LogP contribution in [0.3, 0.4) is 0 Å². The van der Waals surface area contributed by atoms with E-state index < -0.39 is 5.97 Å². The second kappa shape index (κ2) is 7.25. The van der Waals surface area contributed by atoms with Gasteiger partial charge in [-0.1, -0.05) is 33.6 Å². The highest BCUT2D eigenvalue weighted by Gasteiger charge is 2.25. The molecule has 0 bridgehead atoms. The minimum atomic E-state index is -0.646. The fraction of sp³-hybridized carbons (Fsp3) is 0.900. The molecule has 13 heavy (non-hydrogen) atoms. The van der Waals surface area contributed by atoms with Gasteiger partial charge in [-0.3, -0.25) is 4.79 Å². The number of hydrogen-bond acceptors (Lipinski definition) is 2. The number of hydrogen-bond donors (Lipinski definition) is 1. The molecule has 78 valence electrons. The van der Waals surface area contributed by atoms with Gasteiger partial charge in [-0.15, -0.1) is 11.8 Å². The van der Waals surface area contributed by atoms with Crippen molar-refractivity contribution in [3.05, 3.63) is 0 Å². The minimum Gasteiger partial charge on any atom is -0.480 e. The van der Waals surface area contributed by atoms with Gasteiger partial charge in [0, 0.05) is 0 Å². The lowest BCUT2D eigenvalue weighted by molar-refractivity contribution is -0.137. The van der Waals surface area contributed by atoms with Crippen LogP contribution in [-0.2, 0) is 4.79 Å². The van der Waals surface area contributed by atoms with Crippen molar-refractivity contribution in [3.8, 4) is 0 Å². The Morgan fingerprint density at radius 1 is 1.31 bits per heavy atom. The number of carboxylic acids is 1. The maximum Gasteiger partial charge on any atom is 0.316 e. The molecule has 0 rings (SSSR count). The number of aliphatic carboxylic acids is 1. The normalized spacial score (nSPS) is 13.2. The SMILES string of the molecule is CCCSC(C(=O)O)C(CC)CC. The third-order valence-corrected chi connectivity index (χ3v) is 3.81. The van der Waals surface area contributed by atoms with Crippen LogP contribution < -0.4 is 0 Å². The monoisotopic (exact) mass is 204 g/mol. The summed E-state index contributed by atoms with van der Waals surface area (Å²) >= 11 is 1.59. The lowest BCUT2D eigenvalue weighted by atomic mass is 9.99. The fourth-order valence-electron chi connectivity index (χ4n) is 1.37. The predicted octanol–water partition coefficient (Wildman–Crippen LogP) is 3.02. The molecule has 1 N–H and O–H groups in total. The van der Waals surface area contributed by atoms with Gasteiger partial charge in [0.1, 0.15) is 5.25 Å². The molecule has 0 amide bonds. The van der Waals surface area contributed by atoms with Crippen molar-refractivity contribution >= 4 is 17.7 Å². The number of carbonyl (C=O) groups is 1. The summed E-state index contributed by atoms with van der Waals surface area (Å²) in [6.45, 7) is 6.21. The van der Waals surface area contributed by atoms with Gasteiger partial charge < -0.3 is 5.11 Å². The molecule has 1 unspecified atom stereocenters. The Labute approximate surface area is 85.1 Å². The van der Waals surface area contributed by atoms with Gasteiger partial charge in [0.15, 0.2) is 0 Å². The lowest BCUT2D eigenvalue weighted by Gasteiger charge is -2.20. The van der Waals surface area contributed by atoms with E-state index in [-0.39, 0.29) is 5.25 Å². The van der Waals surface area contributed by atoms with Crippen LogP contribution in [0.15, 0.2) is 0 Å². The van der Waals surface area contributed by atoms with E-state index in [0.29, 0.717) is 5.92 Å². The predicted molar refractivity (Wildman–Crippen MR) is 58.2 cm³/mol. The zero-order valence-corrected chi connectivity index (χ0v) is 9.56. The summed E-state index contributed by atoms with van der Waals surface area (Å²) in [6.07, 6.45) is 2.98. The van der Waals surface area contributed by atoms with Crippen molar-refractivity contribution in [2.45, 2.75) is 45.3 Å². The van der Waals surface area contributed by atoms with Gasteiger partial charge in [-0.05, 0) is 18.1 Å². The third-order valence-electron chi connectivity index (χ3n) is 2.22. The molecule has 0 fully saturated rings. The molecule has 0 aromatic heterocycles. The summed E-state index contributed by atoms with van der Waals surface area (Å²) in [5.74, 6) is 0.634. The number of thioether (sulfide) groups is 1. The first-order chi connectivity index (χ1) is 6.17. The highest BCUT2D eigenvalue weighted by Crippen LogP contribution is 2.25. The molecule has 0 aliphatic carbocycles. The van der Waals surface area contributed by atoms with E-state index in [9.17, 15) is 4.79 Å². The molecule has 0 aliphatic heterocycles. The Morgan fingerprint density at radius 3 is 2.15 bits per heavy atom. The molecule has 1 atom stereocenters. The van der Waals surface area contributed by atoms with Crippen LogP contribution in [0.5, 0.6) is 0 Å². The van der Waals surface area contributed by atoms with Gasteiger partial charge >= 0.3 is 5.97 Å². The van der Waals surface area contributed by atoms with Crippen molar-refractivity contribution in [2.75, 3.05) is 5.75 Å². The molecular weight excluding hydrogens is 184 g/mol. The van der Waals surface area contributed by atoms with Gasteiger partial charge in [-0.2, -0.15) is 0 Å². The van der Waals surface area contributed by atoms with Crippen molar-refractivity contribution in [3.63, 3.8) is 0 Å². The Bertz CT molecular complexity index is 144. The Hall–Kier alpha value is -0.180. The quantitative estimate of drug-likeness (QED) is 0.692. The molecule has 3 heteroatoms. The molecule has 0 aromatic rings. The molecule has 0 aromatic carbocycles. The summed E-state index contributed by atoms with van der Waals surface area (Å²) in [6, 6.07) is 0. The summed E-state index contributed by atoms with van der Waals surface area (Å²) in [4.78, 5) is 10.9. The largest absolute Gasteiger partial charge is 0.480 e. The summed E-state index contributed by atoms with van der Waals surface area (Å²) < 4.78 is 0. The Balaban J connectivity index is 4.12. The van der Waals surface area contributed by atoms with Gasteiger partial charge in [0.2, 0.25) is 0 Å². The van der Waals surface area contributed by atoms with Crippen LogP contribution in [-0.4, -0.2) is 22.1 Å². The van der Waals surface area contributed by atoms with E-state index in [0.717, 1.165) is 25.0 Å². The van der Waals surface area contributed by atoms with E-state index in [1.807, 2.05) is 0 Å². The Morgan fingerprint density at radius 2 is 1.85 bits per heavy atom. The molecule has 0 heterocycles. The second-order valence-electron chi connectivity index (χ2n) is 3.21. The second-order valence-corrected chi connectivity index (χ2v) is 4.46. The summed E-state index contributed by atoms with van der Waals surface area (Å²) in [5.41, 5.74) is 0. The standard InChI is InChI=1S/C10H20O2S/c1-4-7-13-9(10(11)12)8(5-2)6-3/h8-9H,4-7H2,1-3H3,(H,11,12). The zero-order valence-electron chi connectivity index (χ0n) is 8.75. The van der Waals surface area contributed by atoms with Crippen molar-refractivity contribution in [1.29, 1.82) is 0 Å². The maximum atomic E-state index is 10.9. The van der Waals surface area contributed by atoms with E-state index >= 15 is 0 Å². The molecule has 0 aliphatic rings. The highest BCUT2D eigenvalue weighted by molar-refractivity contribution is 8.00. The van der Waals surface area contributed by atoms with Crippen molar-refractivity contribution in [2.24, 2.45) is 5.92 Å². The molecule has 0 spiro atoms. The van der Waals surface area contributed by atoms with Crippen LogP contribution >= 0.6 is 11.8 Å². The molecule has 0 saturated carbocycles. The smallest absolute Gasteiger partial charge is 0.316 e. The molecular formula is C10H20O2S. The van der Waals surface area contributed by atoms with Gasteiger partial charge in [0.25, 0.3) is 0 Å². The number of rotatable bonds is 7. The molecule has 0 radical (unpaired) electrons.